The van der Waals surface area contributed by atoms with Gasteiger partial charge in [0.1, 0.15) is 5.82 Å². The number of nitrogens with zero attached hydrogens (tertiary/aromatic N) is 2. The number of H-pyrrole nitrogens is 2. The van der Waals surface area contributed by atoms with Gasteiger partial charge in [0, 0.05) is 12.4 Å². The summed E-state index contributed by atoms with van der Waals surface area (Å²) >= 11 is 1.64. The third kappa shape index (κ3) is 1.81. The molecule has 2 aromatic heterocycles. The number of para-hydroxylation sites is 2. The Balaban J connectivity index is 1.79. The maximum absolute atomic E-state index is 4.49. The Hall–Kier alpha value is -1.75. The third-order valence-corrected chi connectivity index (χ3v) is 3.17. The first-order valence-corrected chi connectivity index (χ1v) is 5.96. The van der Waals surface area contributed by atoms with Gasteiger partial charge in [-0.3, -0.25) is 0 Å². The Morgan fingerprint density at radius 3 is 3.00 bits per heavy atom. The number of benzene rings is 1. The third-order valence-electron chi connectivity index (χ3n) is 2.26. The van der Waals surface area contributed by atoms with E-state index in [1.165, 1.54) is 0 Å². The van der Waals surface area contributed by atoms with Crippen LogP contribution in [0.4, 0.5) is 0 Å². The van der Waals surface area contributed by atoms with Gasteiger partial charge in [-0.2, -0.15) is 0 Å². The van der Waals surface area contributed by atoms with Crippen LogP contribution in [-0.2, 0) is 5.75 Å². The number of hydrogen-bond donors (Lipinski definition) is 2. The first kappa shape index (κ1) is 9.47. The molecule has 1 aromatic carbocycles. The summed E-state index contributed by atoms with van der Waals surface area (Å²) in [6.07, 6.45) is 3.57. The van der Waals surface area contributed by atoms with Gasteiger partial charge >= 0.3 is 0 Å². The number of fused-ring (bicyclic) bond motifs is 1. The fraction of sp³-hybridized carbons (Fsp3) is 0.0909. The molecule has 0 aliphatic carbocycles. The van der Waals surface area contributed by atoms with Crippen LogP contribution in [0, 0.1) is 0 Å². The van der Waals surface area contributed by atoms with E-state index in [2.05, 4.69) is 19.9 Å². The van der Waals surface area contributed by atoms with Crippen molar-refractivity contribution in [2.45, 2.75) is 10.9 Å². The number of aromatic nitrogens is 4. The highest BCUT2D eigenvalue weighted by molar-refractivity contribution is 7.98. The zero-order valence-corrected chi connectivity index (χ0v) is 9.29. The molecule has 0 amide bonds. The van der Waals surface area contributed by atoms with E-state index in [1.54, 1.807) is 18.0 Å². The second-order valence-corrected chi connectivity index (χ2v) is 4.35. The molecule has 2 heterocycles. The predicted molar refractivity (Wildman–Crippen MR) is 64.2 cm³/mol. The minimum absolute atomic E-state index is 0.794. The number of aromatic amines is 2. The molecular formula is C11H10N4S. The number of hydrogen-bond acceptors (Lipinski definition) is 3. The summed E-state index contributed by atoms with van der Waals surface area (Å²) in [5.41, 5.74) is 2.09. The highest BCUT2D eigenvalue weighted by atomic mass is 32.2. The fourth-order valence-electron chi connectivity index (χ4n) is 1.54. The van der Waals surface area contributed by atoms with E-state index in [0.717, 1.165) is 27.8 Å². The molecule has 0 saturated carbocycles. The first-order chi connectivity index (χ1) is 7.92. The summed E-state index contributed by atoms with van der Waals surface area (Å²) in [7, 11) is 0. The highest BCUT2D eigenvalue weighted by Gasteiger charge is 2.03. The SMILES string of the molecule is c1ccc2[nH]c(CSc3ncc[nH]3)nc2c1. The highest BCUT2D eigenvalue weighted by Crippen LogP contribution is 2.19. The van der Waals surface area contributed by atoms with Crippen LogP contribution in [0.25, 0.3) is 11.0 Å². The van der Waals surface area contributed by atoms with E-state index in [0.29, 0.717) is 0 Å². The van der Waals surface area contributed by atoms with Gasteiger partial charge in [-0.25, -0.2) is 9.97 Å². The summed E-state index contributed by atoms with van der Waals surface area (Å²) in [5, 5.41) is 0.917. The number of thioether (sulfide) groups is 1. The number of nitrogens with one attached hydrogen (secondary N) is 2. The molecule has 80 valence electrons. The molecule has 4 nitrogen and oxygen atoms in total. The van der Waals surface area contributed by atoms with Crippen molar-refractivity contribution in [1.29, 1.82) is 0 Å². The topological polar surface area (TPSA) is 57.4 Å². The van der Waals surface area contributed by atoms with Crippen LogP contribution in [-0.4, -0.2) is 19.9 Å². The molecule has 0 spiro atoms. The Kier molecular flexibility index (Phi) is 2.38. The van der Waals surface area contributed by atoms with Gasteiger partial charge < -0.3 is 9.97 Å². The lowest BCUT2D eigenvalue weighted by atomic mass is 10.3. The normalized spacial score (nSPS) is 11.0. The number of rotatable bonds is 3. The van der Waals surface area contributed by atoms with Gasteiger partial charge in [-0.05, 0) is 12.1 Å². The van der Waals surface area contributed by atoms with Crippen LogP contribution in [0.3, 0.4) is 0 Å². The minimum Gasteiger partial charge on any atom is -0.341 e. The molecule has 0 saturated heterocycles. The Bertz CT molecular complexity index is 552. The molecule has 0 radical (unpaired) electrons. The molecule has 0 atom stereocenters. The van der Waals surface area contributed by atoms with Crippen LogP contribution in [0.1, 0.15) is 5.82 Å². The smallest absolute Gasteiger partial charge is 0.165 e. The van der Waals surface area contributed by atoms with Crippen molar-refractivity contribution in [3.63, 3.8) is 0 Å². The van der Waals surface area contributed by atoms with Crippen molar-refractivity contribution >= 4 is 22.8 Å². The van der Waals surface area contributed by atoms with E-state index in [1.807, 2.05) is 30.5 Å². The monoisotopic (exact) mass is 230 g/mol. The van der Waals surface area contributed by atoms with Crippen molar-refractivity contribution in [3.05, 3.63) is 42.5 Å². The van der Waals surface area contributed by atoms with Crippen molar-refractivity contribution < 1.29 is 0 Å². The lowest BCUT2D eigenvalue weighted by molar-refractivity contribution is 1.05. The van der Waals surface area contributed by atoms with E-state index in [4.69, 9.17) is 0 Å². The molecule has 0 unspecified atom stereocenters. The van der Waals surface area contributed by atoms with Crippen LogP contribution < -0.4 is 0 Å². The first-order valence-electron chi connectivity index (χ1n) is 4.97. The Morgan fingerprint density at radius 2 is 2.19 bits per heavy atom. The minimum atomic E-state index is 0.794. The zero-order chi connectivity index (χ0) is 10.8. The summed E-state index contributed by atoms with van der Waals surface area (Å²) in [6, 6.07) is 8.03. The lowest BCUT2D eigenvalue weighted by Gasteiger charge is -1.92. The zero-order valence-electron chi connectivity index (χ0n) is 8.47. The molecule has 16 heavy (non-hydrogen) atoms. The van der Waals surface area contributed by atoms with Gasteiger partial charge in [-0.15, -0.1) is 0 Å². The van der Waals surface area contributed by atoms with Crippen LogP contribution >= 0.6 is 11.8 Å². The molecule has 3 rings (SSSR count). The van der Waals surface area contributed by atoms with Crippen molar-refractivity contribution in [1.82, 2.24) is 19.9 Å². The van der Waals surface area contributed by atoms with Gasteiger partial charge in [0.05, 0.1) is 16.8 Å². The van der Waals surface area contributed by atoms with Gasteiger partial charge in [-0.1, -0.05) is 23.9 Å². The van der Waals surface area contributed by atoms with Gasteiger partial charge in [0.25, 0.3) is 0 Å². The van der Waals surface area contributed by atoms with E-state index in [-0.39, 0.29) is 0 Å². The van der Waals surface area contributed by atoms with E-state index in [9.17, 15) is 0 Å². The Labute approximate surface area is 96.5 Å². The van der Waals surface area contributed by atoms with Gasteiger partial charge in [0.2, 0.25) is 0 Å². The van der Waals surface area contributed by atoms with E-state index >= 15 is 0 Å². The van der Waals surface area contributed by atoms with Gasteiger partial charge in [0.15, 0.2) is 5.16 Å². The maximum atomic E-state index is 4.49. The molecular weight excluding hydrogens is 220 g/mol. The summed E-state index contributed by atoms with van der Waals surface area (Å²) < 4.78 is 0. The predicted octanol–water partition coefficient (Wildman–Crippen LogP) is 2.58. The van der Waals surface area contributed by atoms with Crippen LogP contribution in [0.2, 0.25) is 0 Å². The summed E-state index contributed by atoms with van der Waals surface area (Å²) in [4.78, 5) is 15.0. The number of imidazole rings is 2. The molecule has 0 aliphatic heterocycles. The second kappa shape index (κ2) is 4.02. The van der Waals surface area contributed by atoms with Crippen LogP contribution in [0.15, 0.2) is 41.8 Å². The molecule has 0 bridgehead atoms. The molecule has 0 fully saturated rings. The maximum Gasteiger partial charge on any atom is 0.165 e. The molecule has 0 aliphatic rings. The van der Waals surface area contributed by atoms with Crippen molar-refractivity contribution in [2.75, 3.05) is 0 Å². The summed E-state index contributed by atoms with van der Waals surface area (Å²) in [5.74, 6) is 1.77. The molecule has 3 aromatic rings. The average molecular weight is 230 g/mol. The average Bonchev–Trinajstić information content (AvgIpc) is 2.95. The van der Waals surface area contributed by atoms with Crippen LogP contribution in [0.5, 0.6) is 0 Å². The Morgan fingerprint density at radius 1 is 1.25 bits per heavy atom. The second-order valence-electron chi connectivity index (χ2n) is 3.38. The lowest BCUT2D eigenvalue weighted by Crippen LogP contribution is -1.84. The molecule has 2 N–H and O–H groups in total. The molecule has 5 heteroatoms. The quantitative estimate of drug-likeness (QED) is 0.680. The van der Waals surface area contributed by atoms with E-state index < -0.39 is 0 Å². The largest absolute Gasteiger partial charge is 0.341 e. The van der Waals surface area contributed by atoms with Crippen molar-refractivity contribution in [2.24, 2.45) is 0 Å². The van der Waals surface area contributed by atoms with Crippen molar-refractivity contribution in [3.8, 4) is 0 Å². The fourth-order valence-corrected chi connectivity index (χ4v) is 2.24. The standard InChI is InChI=1S/C11H10N4S/c1-2-4-9-8(3-1)14-10(15-9)7-16-11-12-5-6-13-11/h1-6H,7H2,(H,12,13)(H,14,15). The summed E-state index contributed by atoms with van der Waals surface area (Å²) in [6.45, 7) is 0.